The quantitative estimate of drug-likeness (QED) is 0.836. The largest absolute Gasteiger partial charge is 0.480 e. The molecule has 3 N–H and O–H groups in total. The molecule has 1 atom stereocenters. The average Bonchev–Trinajstić information content (AvgIpc) is 3.08. The Kier molecular flexibility index (Phi) is 3.49. The van der Waals surface area contributed by atoms with E-state index >= 15 is 0 Å². The van der Waals surface area contributed by atoms with Crippen molar-refractivity contribution in [3.05, 3.63) is 42.0 Å². The molecule has 0 fully saturated rings. The molecule has 21 heavy (non-hydrogen) atoms. The SMILES string of the molecule is NC(Cc1cncn1Cc1ccc2c(c1)OCO2)C(=O)O. The van der Waals surface area contributed by atoms with Crippen LogP contribution in [0.15, 0.2) is 30.7 Å². The molecule has 0 saturated heterocycles. The summed E-state index contributed by atoms with van der Waals surface area (Å²) in [5.74, 6) is 0.430. The summed E-state index contributed by atoms with van der Waals surface area (Å²) in [5.41, 5.74) is 7.36. The van der Waals surface area contributed by atoms with Crippen molar-refractivity contribution in [2.24, 2.45) is 5.73 Å². The molecule has 3 rings (SSSR count). The van der Waals surface area contributed by atoms with Crippen LogP contribution in [0.1, 0.15) is 11.3 Å². The number of fused-ring (bicyclic) bond motifs is 1. The van der Waals surface area contributed by atoms with Gasteiger partial charge in [0, 0.05) is 24.9 Å². The third-order valence-electron chi connectivity index (χ3n) is 3.33. The Bertz CT molecular complexity index is 668. The zero-order chi connectivity index (χ0) is 14.8. The highest BCUT2D eigenvalue weighted by Gasteiger charge is 2.16. The maximum absolute atomic E-state index is 10.8. The summed E-state index contributed by atoms with van der Waals surface area (Å²) in [6.45, 7) is 0.806. The first-order valence-corrected chi connectivity index (χ1v) is 6.49. The van der Waals surface area contributed by atoms with Crippen LogP contribution in [0.25, 0.3) is 0 Å². The van der Waals surface area contributed by atoms with Crippen molar-refractivity contribution in [1.82, 2.24) is 9.55 Å². The van der Waals surface area contributed by atoms with Gasteiger partial charge in [-0.05, 0) is 17.7 Å². The van der Waals surface area contributed by atoms with Crippen LogP contribution < -0.4 is 15.2 Å². The van der Waals surface area contributed by atoms with Gasteiger partial charge in [-0.3, -0.25) is 4.79 Å². The van der Waals surface area contributed by atoms with E-state index in [1.165, 1.54) is 0 Å². The molecule has 0 saturated carbocycles. The van der Waals surface area contributed by atoms with E-state index in [1.54, 1.807) is 12.5 Å². The molecule has 0 aliphatic carbocycles. The lowest BCUT2D eigenvalue weighted by atomic mass is 10.1. The van der Waals surface area contributed by atoms with Crippen LogP contribution in [-0.4, -0.2) is 33.5 Å². The van der Waals surface area contributed by atoms with E-state index in [0.717, 1.165) is 22.8 Å². The van der Waals surface area contributed by atoms with Gasteiger partial charge in [0.15, 0.2) is 11.5 Å². The highest BCUT2D eigenvalue weighted by atomic mass is 16.7. The van der Waals surface area contributed by atoms with Crippen molar-refractivity contribution in [1.29, 1.82) is 0 Å². The molecule has 110 valence electrons. The summed E-state index contributed by atoms with van der Waals surface area (Å²) in [5, 5.41) is 8.88. The lowest BCUT2D eigenvalue weighted by Gasteiger charge is -2.11. The molecule has 0 bridgehead atoms. The Morgan fingerprint density at radius 2 is 2.24 bits per heavy atom. The van der Waals surface area contributed by atoms with Gasteiger partial charge in [0.2, 0.25) is 6.79 Å². The summed E-state index contributed by atoms with van der Waals surface area (Å²) in [6.07, 6.45) is 3.53. The van der Waals surface area contributed by atoms with E-state index < -0.39 is 12.0 Å². The molecular formula is C14H15N3O4. The number of aliphatic carboxylic acids is 1. The minimum Gasteiger partial charge on any atom is -0.480 e. The number of imidazole rings is 1. The van der Waals surface area contributed by atoms with Gasteiger partial charge in [0.25, 0.3) is 0 Å². The number of nitrogens with two attached hydrogens (primary N) is 1. The van der Waals surface area contributed by atoms with Gasteiger partial charge >= 0.3 is 5.97 Å². The third-order valence-corrected chi connectivity index (χ3v) is 3.33. The molecule has 2 aromatic rings. The first kappa shape index (κ1) is 13.4. The zero-order valence-corrected chi connectivity index (χ0v) is 11.2. The Labute approximate surface area is 120 Å². The van der Waals surface area contributed by atoms with Crippen LogP contribution in [0.2, 0.25) is 0 Å². The fourth-order valence-corrected chi connectivity index (χ4v) is 2.21. The van der Waals surface area contributed by atoms with Crippen LogP contribution in [0, 0.1) is 0 Å². The number of rotatable bonds is 5. The number of benzene rings is 1. The van der Waals surface area contributed by atoms with Crippen molar-refractivity contribution < 1.29 is 19.4 Å². The van der Waals surface area contributed by atoms with Gasteiger partial charge < -0.3 is 24.9 Å². The molecule has 2 heterocycles. The molecule has 7 heteroatoms. The number of nitrogens with zero attached hydrogens (tertiary/aromatic N) is 2. The first-order valence-electron chi connectivity index (χ1n) is 6.49. The number of carboxylic acids is 1. The molecule has 1 aliphatic rings. The summed E-state index contributed by atoms with van der Waals surface area (Å²) < 4.78 is 12.5. The van der Waals surface area contributed by atoms with Crippen molar-refractivity contribution in [3.8, 4) is 11.5 Å². The monoisotopic (exact) mass is 289 g/mol. The van der Waals surface area contributed by atoms with E-state index in [2.05, 4.69) is 4.98 Å². The molecule has 0 radical (unpaired) electrons. The number of aromatic nitrogens is 2. The average molecular weight is 289 g/mol. The fourth-order valence-electron chi connectivity index (χ4n) is 2.21. The van der Waals surface area contributed by atoms with Gasteiger partial charge in [-0.15, -0.1) is 0 Å². The predicted octanol–water partition coefficient (Wildman–Crippen LogP) is 0.614. The minimum absolute atomic E-state index is 0.236. The van der Waals surface area contributed by atoms with Crippen LogP contribution >= 0.6 is 0 Å². The molecule has 1 aromatic carbocycles. The van der Waals surface area contributed by atoms with Crippen molar-refractivity contribution in [3.63, 3.8) is 0 Å². The Morgan fingerprint density at radius 3 is 3.05 bits per heavy atom. The van der Waals surface area contributed by atoms with Gasteiger partial charge in [-0.2, -0.15) is 0 Å². The molecular weight excluding hydrogens is 274 g/mol. The maximum atomic E-state index is 10.8. The molecule has 1 unspecified atom stereocenters. The smallest absolute Gasteiger partial charge is 0.320 e. The lowest BCUT2D eigenvalue weighted by molar-refractivity contribution is -0.138. The number of carboxylic acid groups (broad SMARTS) is 1. The highest BCUT2D eigenvalue weighted by molar-refractivity contribution is 5.73. The van der Waals surface area contributed by atoms with E-state index in [-0.39, 0.29) is 13.2 Å². The van der Waals surface area contributed by atoms with Crippen molar-refractivity contribution >= 4 is 5.97 Å². The topological polar surface area (TPSA) is 99.6 Å². The van der Waals surface area contributed by atoms with Gasteiger partial charge in [-0.1, -0.05) is 6.07 Å². The molecule has 1 aliphatic heterocycles. The summed E-state index contributed by atoms with van der Waals surface area (Å²) >= 11 is 0. The number of carbonyl (C=O) groups is 1. The maximum Gasteiger partial charge on any atom is 0.320 e. The van der Waals surface area contributed by atoms with Crippen LogP contribution in [0.5, 0.6) is 11.5 Å². The third kappa shape index (κ3) is 2.82. The first-order chi connectivity index (χ1) is 10.1. The van der Waals surface area contributed by atoms with Crippen LogP contribution in [0.4, 0.5) is 0 Å². The summed E-state index contributed by atoms with van der Waals surface area (Å²) in [6, 6.07) is 4.77. The van der Waals surface area contributed by atoms with Gasteiger partial charge in [0.05, 0.1) is 6.33 Å². The molecule has 1 aromatic heterocycles. The summed E-state index contributed by atoms with van der Waals surface area (Å²) in [4.78, 5) is 14.9. The van der Waals surface area contributed by atoms with Gasteiger partial charge in [0.1, 0.15) is 6.04 Å². The normalized spacial score (nSPS) is 14.1. The minimum atomic E-state index is -1.02. The van der Waals surface area contributed by atoms with Gasteiger partial charge in [-0.25, -0.2) is 4.98 Å². The van der Waals surface area contributed by atoms with Crippen molar-refractivity contribution in [2.75, 3.05) is 6.79 Å². The van der Waals surface area contributed by atoms with Crippen molar-refractivity contribution in [2.45, 2.75) is 19.0 Å². The lowest BCUT2D eigenvalue weighted by Crippen LogP contribution is -2.33. The molecule has 0 amide bonds. The Hall–Kier alpha value is -2.54. The number of hydrogen-bond acceptors (Lipinski definition) is 5. The van der Waals surface area contributed by atoms with E-state index in [0.29, 0.717) is 6.54 Å². The predicted molar refractivity (Wildman–Crippen MR) is 73.2 cm³/mol. The second-order valence-corrected chi connectivity index (χ2v) is 4.85. The molecule has 0 spiro atoms. The number of ether oxygens (including phenoxy) is 2. The Morgan fingerprint density at radius 1 is 1.43 bits per heavy atom. The highest BCUT2D eigenvalue weighted by Crippen LogP contribution is 2.32. The van der Waals surface area contributed by atoms with E-state index in [9.17, 15) is 4.79 Å². The fraction of sp³-hybridized carbons (Fsp3) is 0.286. The zero-order valence-electron chi connectivity index (χ0n) is 11.2. The van der Waals surface area contributed by atoms with Crippen LogP contribution in [-0.2, 0) is 17.8 Å². The Balaban J connectivity index is 1.76. The molecule has 7 nitrogen and oxygen atoms in total. The number of hydrogen-bond donors (Lipinski definition) is 2. The standard InChI is InChI=1S/C14H15N3O4/c15-11(14(18)19)4-10-5-16-7-17(10)6-9-1-2-12-13(3-9)21-8-20-12/h1-3,5,7,11H,4,6,8,15H2,(H,18,19). The second-order valence-electron chi connectivity index (χ2n) is 4.85. The van der Waals surface area contributed by atoms with E-state index in [1.807, 2.05) is 22.8 Å². The van der Waals surface area contributed by atoms with E-state index in [4.69, 9.17) is 20.3 Å². The second kappa shape index (κ2) is 5.45. The van der Waals surface area contributed by atoms with Crippen LogP contribution in [0.3, 0.4) is 0 Å². The summed E-state index contributed by atoms with van der Waals surface area (Å²) in [7, 11) is 0.